The zero-order valence-electron chi connectivity index (χ0n) is 18.1. The second kappa shape index (κ2) is 10.6. The number of hydrogen-bond donors (Lipinski definition) is 2. The van der Waals surface area contributed by atoms with Gasteiger partial charge in [-0.2, -0.15) is 0 Å². The molecular weight excluding hydrogens is 461 g/mol. The minimum absolute atomic E-state index is 0. The van der Waals surface area contributed by atoms with E-state index in [9.17, 15) is 8.42 Å². The molecule has 1 aliphatic rings. The van der Waals surface area contributed by atoms with Crippen LogP contribution in [0.5, 0.6) is 11.5 Å². The first-order chi connectivity index (χ1) is 14.2. The predicted molar refractivity (Wildman–Crippen MR) is 128 cm³/mol. The van der Waals surface area contributed by atoms with Crippen molar-refractivity contribution in [3.8, 4) is 11.5 Å². The van der Waals surface area contributed by atoms with E-state index in [1.165, 1.54) is 6.26 Å². The Balaban J connectivity index is 0.00000341. The molecule has 10 heteroatoms. The minimum atomic E-state index is -3.42. The quantitative estimate of drug-likeness (QED) is 0.612. The molecule has 1 atom stereocenters. The van der Waals surface area contributed by atoms with Crippen molar-refractivity contribution in [2.24, 2.45) is 0 Å². The molecule has 0 aromatic heterocycles. The largest absolute Gasteiger partial charge is 0.493 e. The fraction of sp³-hybridized carbons (Fsp3) is 0.429. The monoisotopic (exact) mass is 489 g/mol. The number of hydrogen-bond acceptors (Lipinski definition) is 7. The number of piperazine rings is 1. The van der Waals surface area contributed by atoms with E-state index in [4.69, 9.17) is 21.1 Å². The van der Waals surface area contributed by atoms with Crippen LogP contribution < -0.4 is 25.0 Å². The van der Waals surface area contributed by atoms with E-state index in [0.717, 1.165) is 37.4 Å². The van der Waals surface area contributed by atoms with E-state index in [0.29, 0.717) is 22.2 Å². The third-order valence-electron chi connectivity index (χ3n) is 5.16. The Morgan fingerprint density at radius 1 is 1.13 bits per heavy atom. The Bertz CT molecular complexity index is 1010. The second-order valence-corrected chi connectivity index (χ2v) is 9.71. The van der Waals surface area contributed by atoms with E-state index >= 15 is 0 Å². The smallest absolute Gasteiger partial charge is 0.177 e. The van der Waals surface area contributed by atoms with Gasteiger partial charge in [0.15, 0.2) is 21.3 Å². The highest BCUT2D eigenvalue weighted by Crippen LogP contribution is 2.39. The molecular formula is C21H29Cl2N3O4S. The highest BCUT2D eigenvalue weighted by Gasteiger charge is 2.22. The number of nitrogens with zero attached hydrogens (tertiary/aromatic N) is 1. The van der Waals surface area contributed by atoms with Crippen LogP contribution in [0.25, 0.3) is 0 Å². The van der Waals surface area contributed by atoms with Crippen LogP contribution in [0.15, 0.2) is 35.2 Å². The average molecular weight is 490 g/mol. The summed E-state index contributed by atoms with van der Waals surface area (Å²) in [5, 5.41) is 7.18. The fourth-order valence-electron chi connectivity index (χ4n) is 3.67. The molecule has 7 nitrogen and oxygen atoms in total. The third-order valence-corrected chi connectivity index (χ3v) is 6.53. The first-order valence-electron chi connectivity index (χ1n) is 9.72. The Morgan fingerprint density at radius 2 is 1.81 bits per heavy atom. The van der Waals surface area contributed by atoms with Crippen molar-refractivity contribution in [3.63, 3.8) is 0 Å². The minimum Gasteiger partial charge on any atom is -0.493 e. The highest BCUT2D eigenvalue weighted by molar-refractivity contribution is 7.90. The van der Waals surface area contributed by atoms with E-state index < -0.39 is 9.84 Å². The molecule has 0 spiro atoms. The number of ether oxygens (including phenoxy) is 2. The molecule has 1 aliphatic heterocycles. The number of methoxy groups -OCH3 is 2. The summed E-state index contributed by atoms with van der Waals surface area (Å²) in [5.74, 6) is 1.08. The molecule has 0 amide bonds. The summed E-state index contributed by atoms with van der Waals surface area (Å²) in [7, 11) is -0.306. The van der Waals surface area contributed by atoms with Crippen LogP contribution in [-0.4, -0.2) is 55.1 Å². The van der Waals surface area contributed by atoms with Crippen LogP contribution in [0.4, 0.5) is 11.4 Å². The van der Waals surface area contributed by atoms with E-state index in [2.05, 4.69) is 15.5 Å². The summed E-state index contributed by atoms with van der Waals surface area (Å²) in [5.41, 5.74) is 2.30. The predicted octanol–water partition coefficient (Wildman–Crippen LogP) is 3.77. The van der Waals surface area contributed by atoms with Crippen LogP contribution in [-0.2, 0) is 9.84 Å². The third kappa shape index (κ3) is 5.88. The molecule has 0 bridgehead atoms. The molecule has 31 heavy (non-hydrogen) atoms. The average Bonchev–Trinajstić information content (AvgIpc) is 2.72. The van der Waals surface area contributed by atoms with Gasteiger partial charge in [0.05, 0.1) is 30.8 Å². The van der Waals surface area contributed by atoms with Crippen molar-refractivity contribution in [2.75, 3.05) is 56.9 Å². The number of nitrogens with one attached hydrogen (secondary N) is 2. The molecule has 0 saturated carbocycles. The van der Waals surface area contributed by atoms with Crippen molar-refractivity contribution in [2.45, 2.75) is 17.9 Å². The molecule has 1 unspecified atom stereocenters. The molecule has 2 N–H and O–H groups in total. The van der Waals surface area contributed by atoms with Crippen LogP contribution in [0, 0.1) is 0 Å². The molecule has 0 aliphatic carbocycles. The van der Waals surface area contributed by atoms with Crippen molar-refractivity contribution in [3.05, 3.63) is 40.9 Å². The van der Waals surface area contributed by atoms with Crippen LogP contribution >= 0.6 is 24.0 Å². The molecule has 2 aromatic rings. The topological polar surface area (TPSA) is 79.9 Å². The Hall–Kier alpha value is -1.87. The van der Waals surface area contributed by atoms with Crippen molar-refractivity contribution < 1.29 is 17.9 Å². The number of anilines is 2. The lowest BCUT2D eigenvalue weighted by Crippen LogP contribution is -2.43. The molecule has 1 fully saturated rings. The zero-order chi connectivity index (χ0) is 21.9. The number of rotatable bonds is 7. The van der Waals surface area contributed by atoms with Gasteiger partial charge in [0, 0.05) is 54.8 Å². The number of sulfone groups is 1. The maximum Gasteiger partial charge on any atom is 0.177 e. The van der Waals surface area contributed by atoms with Crippen LogP contribution in [0.3, 0.4) is 0 Å². The fourth-order valence-corrected chi connectivity index (χ4v) is 4.71. The molecule has 0 radical (unpaired) electrons. The second-order valence-electron chi connectivity index (χ2n) is 7.29. The van der Waals surface area contributed by atoms with Crippen LogP contribution in [0.2, 0.25) is 5.02 Å². The summed E-state index contributed by atoms with van der Waals surface area (Å²) in [6.07, 6.45) is 1.21. The maximum absolute atomic E-state index is 12.4. The van der Waals surface area contributed by atoms with Crippen LogP contribution in [0.1, 0.15) is 18.5 Å². The summed E-state index contributed by atoms with van der Waals surface area (Å²) in [4.78, 5) is 2.49. The van der Waals surface area contributed by atoms with Crippen molar-refractivity contribution >= 4 is 45.2 Å². The van der Waals surface area contributed by atoms with Gasteiger partial charge in [-0.15, -0.1) is 12.4 Å². The SMILES string of the molecule is COc1cc(Cl)cc(C(C)Nc2cc(N3CCNCC3)ccc2S(C)(=O)=O)c1OC.Cl. The first kappa shape index (κ1) is 25.4. The molecule has 1 heterocycles. The highest BCUT2D eigenvalue weighted by atomic mass is 35.5. The van der Waals surface area contributed by atoms with Gasteiger partial charge in [0.1, 0.15) is 0 Å². The Kier molecular flexibility index (Phi) is 8.71. The lowest BCUT2D eigenvalue weighted by Gasteiger charge is -2.30. The molecule has 2 aromatic carbocycles. The summed E-state index contributed by atoms with van der Waals surface area (Å²) in [6.45, 7) is 5.45. The maximum atomic E-state index is 12.4. The van der Waals surface area contributed by atoms with Crippen molar-refractivity contribution in [1.82, 2.24) is 5.32 Å². The van der Waals surface area contributed by atoms with Gasteiger partial charge >= 0.3 is 0 Å². The Labute approximate surface area is 195 Å². The molecule has 1 saturated heterocycles. The van der Waals surface area contributed by atoms with E-state index in [1.807, 2.05) is 19.1 Å². The van der Waals surface area contributed by atoms with Gasteiger partial charge in [-0.05, 0) is 31.2 Å². The van der Waals surface area contributed by atoms with Gasteiger partial charge in [-0.1, -0.05) is 11.6 Å². The Morgan fingerprint density at radius 3 is 2.39 bits per heavy atom. The van der Waals surface area contributed by atoms with Gasteiger partial charge < -0.3 is 25.0 Å². The van der Waals surface area contributed by atoms with Gasteiger partial charge in [-0.25, -0.2) is 8.42 Å². The zero-order valence-corrected chi connectivity index (χ0v) is 20.5. The summed E-state index contributed by atoms with van der Waals surface area (Å²) >= 11 is 6.26. The number of benzene rings is 2. The first-order valence-corrected chi connectivity index (χ1v) is 12.0. The number of halogens is 2. The standard InChI is InChI=1S/C21H28ClN3O4S.ClH/c1-14(17-11-15(22)12-19(28-2)21(17)29-3)24-18-13-16(25-9-7-23-8-10-25)5-6-20(18)30(4,26)27;/h5-6,11-14,23-24H,7-10H2,1-4H3;1H. The van der Waals surface area contributed by atoms with Gasteiger partial charge in [0.2, 0.25) is 0 Å². The lowest BCUT2D eigenvalue weighted by molar-refractivity contribution is 0.350. The van der Waals surface area contributed by atoms with Gasteiger partial charge in [-0.3, -0.25) is 0 Å². The summed E-state index contributed by atoms with van der Waals surface area (Å²) < 4.78 is 35.7. The lowest BCUT2D eigenvalue weighted by atomic mass is 10.1. The normalized spacial score (nSPS) is 15.1. The summed E-state index contributed by atoms with van der Waals surface area (Å²) in [6, 6.07) is 8.61. The van der Waals surface area contributed by atoms with E-state index in [-0.39, 0.29) is 23.3 Å². The van der Waals surface area contributed by atoms with Gasteiger partial charge in [0.25, 0.3) is 0 Å². The van der Waals surface area contributed by atoms with E-state index in [1.54, 1.807) is 32.4 Å². The van der Waals surface area contributed by atoms with Crippen molar-refractivity contribution in [1.29, 1.82) is 0 Å². The molecule has 172 valence electrons. The molecule has 3 rings (SSSR count).